The third-order valence-electron chi connectivity index (χ3n) is 7.45. The monoisotopic (exact) mass is 636 g/mol. The van der Waals surface area contributed by atoms with E-state index in [2.05, 4.69) is 25.1 Å². The molecule has 1 aliphatic carbocycles. The first-order valence-corrected chi connectivity index (χ1v) is 15.0. The van der Waals surface area contributed by atoms with E-state index in [0.29, 0.717) is 16.3 Å². The van der Waals surface area contributed by atoms with Crippen LogP contribution in [0.1, 0.15) is 48.9 Å². The van der Waals surface area contributed by atoms with E-state index in [9.17, 15) is 22.4 Å². The van der Waals surface area contributed by atoms with Gasteiger partial charge in [-0.2, -0.15) is 4.99 Å². The molecule has 0 saturated heterocycles. The Hall–Kier alpha value is -4.78. The number of halogens is 4. The average Bonchev–Trinajstić information content (AvgIpc) is 3.39. The van der Waals surface area contributed by atoms with Crippen LogP contribution in [-0.4, -0.2) is 37.8 Å². The molecule has 6 rings (SSSR count). The highest BCUT2D eigenvalue weighted by atomic mass is 32.1. The summed E-state index contributed by atoms with van der Waals surface area (Å²) in [6.45, 7) is 5.92. The van der Waals surface area contributed by atoms with Gasteiger partial charge in [0, 0.05) is 28.6 Å². The molecule has 0 spiro atoms. The fraction of sp³-hybridized carbons (Fsp3) is 0.250. The summed E-state index contributed by atoms with van der Waals surface area (Å²) in [7, 11) is 0. The lowest BCUT2D eigenvalue weighted by molar-refractivity contribution is -0.274. The van der Waals surface area contributed by atoms with E-state index in [1.165, 1.54) is 58.7 Å². The molecule has 3 aromatic carbocycles. The van der Waals surface area contributed by atoms with Crippen molar-refractivity contribution in [2.45, 2.75) is 51.4 Å². The second-order valence-corrected chi connectivity index (χ2v) is 11.9. The number of aryl methyl sites for hydroxylation is 1. The topological polar surface area (TPSA) is 86.3 Å². The Labute approximate surface area is 259 Å². The van der Waals surface area contributed by atoms with E-state index >= 15 is 0 Å². The highest BCUT2D eigenvalue weighted by Gasteiger charge is 2.39. The number of nitrogens with zero attached hydrogens (tertiary/aromatic N) is 5. The van der Waals surface area contributed by atoms with E-state index in [4.69, 9.17) is 0 Å². The van der Waals surface area contributed by atoms with Crippen LogP contribution in [0.15, 0.2) is 83.4 Å². The quantitative estimate of drug-likeness (QED) is 0.189. The Bertz CT molecular complexity index is 1910. The molecule has 5 aromatic rings. The zero-order chi connectivity index (χ0) is 31.9. The summed E-state index contributed by atoms with van der Waals surface area (Å²) < 4.78 is 58.5. The van der Waals surface area contributed by atoms with Gasteiger partial charge in [-0.05, 0) is 72.9 Å². The lowest BCUT2D eigenvalue weighted by Crippen LogP contribution is -2.27. The molecule has 2 amide bonds. The molecule has 1 aliphatic rings. The highest BCUT2D eigenvalue weighted by molar-refractivity contribution is 7.07. The van der Waals surface area contributed by atoms with Crippen molar-refractivity contribution in [2.24, 2.45) is 4.99 Å². The third-order valence-corrected chi connectivity index (χ3v) is 8.40. The first kappa shape index (κ1) is 30.3. The Morgan fingerprint density at radius 1 is 1.09 bits per heavy atom. The number of carbonyl (C=O) groups excluding carboxylic acids is 1. The molecule has 1 N–H and O–H groups in total. The van der Waals surface area contributed by atoms with Gasteiger partial charge < -0.3 is 10.1 Å². The van der Waals surface area contributed by atoms with Crippen LogP contribution in [0.4, 0.5) is 22.4 Å². The molecule has 13 heteroatoms. The van der Waals surface area contributed by atoms with Crippen molar-refractivity contribution in [3.8, 4) is 28.5 Å². The Kier molecular flexibility index (Phi) is 8.04. The van der Waals surface area contributed by atoms with Crippen LogP contribution in [0.3, 0.4) is 0 Å². The van der Waals surface area contributed by atoms with Crippen molar-refractivity contribution >= 4 is 17.4 Å². The van der Waals surface area contributed by atoms with Gasteiger partial charge in [0.05, 0.1) is 11.4 Å². The number of amides is 2. The summed E-state index contributed by atoms with van der Waals surface area (Å²) in [6, 6.07) is 17.2. The molecular weight excluding hydrogens is 608 g/mol. The SMILES string of the molecule is Cc1cs/c(=N\C(=O)NC2CC2c2ccc(-c3ncn(-c4ccc(OC(F)(F)F)cc4)n3)cc2)n1-c1ccc(F)cc1C(C)C. The largest absolute Gasteiger partial charge is 0.573 e. The Balaban J connectivity index is 1.11. The number of alkyl halides is 3. The summed E-state index contributed by atoms with van der Waals surface area (Å²) in [5.41, 5.74) is 4.89. The molecule has 8 nitrogen and oxygen atoms in total. The number of thiazole rings is 1. The lowest BCUT2D eigenvalue weighted by Gasteiger charge is -2.15. The van der Waals surface area contributed by atoms with Gasteiger partial charge in [-0.15, -0.1) is 29.6 Å². The number of hydrogen-bond donors (Lipinski definition) is 1. The molecule has 1 fully saturated rings. The summed E-state index contributed by atoms with van der Waals surface area (Å²) in [5.74, 6) is 0.0525. The second-order valence-electron chi connectivity index (χ2n) is 11.0. The first-order chi connectivity index (χ1) is 21.4. The molecular formula is C32H28F4N6O2S. The molecule has 45 heavy (non-hydrogen) atoms. The second kappa shape index (κ2) is 12.0. The van der Waals surface area contributed by atoms with Crippen molar-refractivity contribution in [3.63, 3.8) is 0 Å². The number of aromatic nitrogens is 4. The van der Waals surface area contributed by atoms with Crippen LogP contribution in [-0.2, 0) is 0 Å². The van der Waals surface area contributed by atoms with Gasteiger partial charge in [-0.1, -0.05) is 38.1 Å². The summed E-state index contributed by atoms with van der Waals surface area (Å²) >= 11 is 1.35. The highest BCUT2D eigenvalue weighted by Crippen LogP contribution is 2.41. The molecule has 232 valence electrons. The first-order valence-electron chi connectivity index (χ1n) is 14.2. The summed E-state index contributed by atoms with van der Waals surface area (Å²) in [5, 5.41) is 9.36. The van der Waals surface area contributed by atoms with Gasteiger partial charge in [0.2, 0.25) is 0 Å². The van der Waals surface area contributed by atoms with E-state index in [1.807, 2.05) is 55.0 Å². The number of urea groups is 1. The molecule has 2 atom stereocenters. The van der Waals surface area contributed by atoms with Crippen LogP contribution < -0.4 is 14.9 Å². The van der Waals surface area contributed by atoms with Gasteiger partial charge in [0.25, 0.3) is 0 Å². The zero-order valence-electron chi connectivity index (χ0n) is 24.4. The predicted octanol–water partition coefficient (Wildman–Crippen LogP) is 7.42. The van der Waals surface area contributed by atoms with Crippen LogP contribution in [0.2, 0.25) is 0 Å². The minimum absolute atomic E-state index is 0.0553. The molecule has 0 radical (unpaired) electrons. The zero-order valence-corrected chi connectivity index (χ0v) is 25.2. The summed E-state index contributed by atoms with van der Waals surface area (Å²) in [4.78, 5) is 22.1. The number of benzene rings is 3. The maximum atomic E-state index is 14.0. The number of nitrogens with one attached hydrogen (secondary N) is 1. The lowest BCUT2D eigenvalue weighted by atomic mass is 10.0. The van der Waals surface area contributed by atoms with Crippen molar-refractivity contribution in [1.82, 2.24) is 24.6 Å². The molecule has 0 aliphatic heterocycles. The fourth-order valence-electron chi connectivity index (χ4n) is 5.16. The Morgan fingerprint density at radius 3 is 2.51 bits per heavy atom. The van der Waals surface area contributed by atoms with Gasteiger partial charge >= 0.3 is 12.4 Å². The van der Waals surface area contributed by atoms with Crippen LogP contribution >= 0.6 is 11.3 Å². The standard InChI is InChI=1S/C32H28F4N6O2S/c1-18(2)25-14-22(33)8-13-28(25)42-19(3)16-45-31(42)39-30(43)38-27-15-26(27)20-4-6-21(7-5-20)29-37-17-41(40-29)23-9-11-24(12-10-23)44-32(34,35)36/h4-14,16-18,26-27H,15H2,1-3H3,(H,38,43)/b39-31-. The van der Waals surface area contributed by atoms with Crippen molar-refractivity contribution in [2.75, 3.05) is 0 Å². The van der Waals surface area contributed by atoms with Crippen molar-refractivity contribution in [3.05, 3.63) is 106 Å². The molecule has 2 aromatic heterocycles. The van der Waals surface area contributed by atoms with Gasteiger partial charge in [0.15, 0.2) is 10.6 Å². The molecule has 0 bridgehead atoms. The predicted molar refractivity (Wildman–Crippen MR) is 161 cm³/mol. The minimum Gasteiger partial charge on any atom is -0.406 e. The number of rotatable bonds is 7. The molecule has 2 unspecified atom stereocenters. The third kappa shape index (κ3) is 6.83. The molecule has 2 heterocycles. The van der Waals surface area contributed by atoms with Crippen LogP contribution in [0.25, 0.3) is 22.8 Å². The van der Waals surface area contributed by atoms with Crippen molar-refractivity contribution < 1.29 is 27.1 Å². The average molecular weight is 637 g/mol. The van der Waals surface area contributed by atoms with Crippen LogP contribution in [0.5, 0.6) is 5.75 Å². The van der Waals surface area contributed by atoms with Gasteiger partial charge in [-0.25, -0.2) is 18.9 Å². The molecule has 1 saturated carbocycles. The smallest absolute Gasteiger partial charge is 0.406 e. The minimum atomic E-state index is -4.76. The van der Waals surface area contributed by atoms with Crippen molar-refractivity contribution in [1.29, 1.82) is 0 Å². The number of ether oxygens (including phenoxy) is 1. The van der Waals surface area contributed by atoms with E-state index in [1.54, 1.807) is 6.07 Å². The Morgan fingerprint density at radius 2 is 1.82 bits per heavy atom. The maximum Gasteiger partial charge on any atom is 0.573 e. The van der Waals surface area contributed by atoms with E-state index < -0.39 is 12.4 Å². The number of hydrogen-bond acceptors (Lipinski definition) is 5. The van der Waals surface area contributed by atoms with Gasteiger partial charge in [-0.3, -0.25) is 4.57 Å². The van der Waals surface area contributed by atoms with Gasteiger partial charge in [0.1, 0.15) is 17.9 Å². The van der Waals surface area contributed by atoms with Crippen LogP contribution in [0, 0.1) is 12.7 Å². The maximum absolute atomic E-state index is 14.0. The fourth-order valence-corrected chi connectivity index (χ4v) is 6.02. The van der Waals surface area contributed by atoms with E-state index in [-0.39, 0.29) is 29.4 Å². The number of carbonyl (C=O) groups is 1. The van der Waals surface area contributed by atoms with E-state index in [0.717, 1.165) is 34.5 Å². The normalized spacial score (nSPS) is 16.7. The summed E-state index contributed by atoms with van der Waals surface area (Å²) in [6.07, 6.45) is -2.50.